The van der Waals surface area contributed by atoms with Crippen molar-refractivity contribution in [3.63, 3.8) is 0 Å². The highest BCUT2D eigenvalue weighted by Crippen LogP contribution is 2.20. The molecule has 0 radical (unpaired) electrons. The van der Waals surface area contributed by atoms with Crippen LogP contribution in [0.15, 0.2) is 48.5 Å². The number of aryl methyl sites for hydroxylation is 3. The van der Waals surface area contributed by atoms with Gasteiger partial charge in [-0.1, -0.05) is 30.3 Å². The zero-order chi connectivity index (χ0) is 19.6. The highest BCUT2D eigenvalue weighted by atomic mass is 16.5. The molecular weight excluding hydrogens is 340 g/mol. The highest BCUT2D eigenvalue weighted by molar-refractivity contribution is 6.05. The molecule has 0 saturated carbocycles. The molecule has 5 nitrogen and oxygen atoms in total. The molecular formula is C22H22N2O3. The Bertz CT molecular complexity index is 1030. The normalized spacial score (nSPS) is 11.9. The van der Waals surface area contributed by atoms with Gasteiger partial charge in [-0.2, -0.15) is 0 Å². The van der Waals surface area contributed by atoms with E-state index in [0.717, 1.165) is 16.6 Å². The maximum absolute atomic E-state index is 12.7. The van der Waals surface area contributed by atoms with Gasteiger partial charge in [0.25, 0.3) is 5.91 Å². The van der Waals surface area contributed by atoms with Gasteiger partial charge in [0, 0.05) is 16.8 Å². The van der Waals surface area contributed by atoms with Gasteiger partial charge in [0.05, 0.1) is 11.1 Å². The lowest BCUT2D eigenvalue weighted by Gasteiger charge is -2.16. The standard InChI is InChI=1S/C22H22N2O3/c1-13-9-10-14(2)20(11-13)24-21(25)16(4)27-22(26)18-12-15(3)23-19-8-6-5-7-17(18)19/h5-12,16H,1-4H3,(H,24,25)/t16-/m1/s1. The van der Waals surface area contributed by atoms with Crippen LogP contribution in [0, 0.1) is 20.8 Å². The maximum atomic E-state index is 12.7. The molecule has 1 atom stereocenters. The van der Waals surface area contributed by atoms with Crippen LogP contribution in [0.5, 0.6) is 0 Å². The van der Waals surface area contributed by atoms with Crippen LogP contribution in [0.3, 0.4) is 0 Å². The largest absolute Gasteiger partial charge is 0.449 e. The Hall–Kier alpha value is -3.21. The minimum Gasteiger partial charge on any atom is -0.449 e. The van der Waals surface area contributed by atoms with E-state index in [4.69, 9.17) is 4.74 Å². The molecule has 1 N–H and O–H groups in total. The van der Waals surface area contributed by atoms with E-state index in [-0.39, 0.29) is 5.91 Å². The molecule has 2 aromatic carbocycles. The van der Waals surface area contributed by atoms with Gasteiger partial charge in [-0.15, -0.1) is 0 Å². The number of pyridine rings is 1. The van der Waals surface area contributed by atoms with E-state index in [1.165, 1.54) is 0 Å². The van der Waals surface area contributed by atoms with Gasteiger partial charge in [-0.3, -0.25) is 9.78 Å². The predicted molar refractivity (Wildman–Crippen MR) is 106 cm³/mol. The van der Waals surface area contributed by atoms with Gasteiger partial charge in [0.15, 0.2) is 6.10 Å². The fraction of sp³-hybridized carbons (Fsp3) is 0.227. The number of carbonyl (C=O) groups is 2. The first kappa shape index (κ1) is 18.6. The second kappa shape index (κ2) is 7.58. The summed E-state index contributed by atoms with van der Waals surface area (Å²) >= 11 is 0. The second-order valence-corrected chi connectivity index (χ2v) is 6.68. The highest BCUT2D eigenvalue weighted by Gasteiger charge is 2.21. The van der Waals surface area contributed by atoms with Crippen LogP contribution in [0.2, 0.25) is 0 Å². The molecule has 0 aliphatic heterocycles. The summed E-state index contributed by atoms with van der Waals surface area (Å²) in [6.45, 7) is 7.25. The van der Waals surface area contributed by atoms with Crippen molar-refractivity contribution < 1.29 is 14.3 Å². The van der Waals surface area contributed by atoms with Crippen LogP contribution < -0.4 is 5.32 Å². The average molecular weight is 362 g/mol. The first-order valence-electron chi connectivity index (χ1n) is 8.80. The van der Waals surface area contributed by atoms with E-state index >= 15 is 0 Å². The van der Waals surface area contributed by atoms with E-state index < -0.39 is 12.1 Å². The zero-order valence-electron chi connectivity index (χ0n) is 15.9. The number of nitrogens with one attached hydrogen (secondary N) is 1. The lowest BCUT2D eigenvalue weighted by molar-refractivity contribution is -0.123. The van der Waals surface area contributed by atoms with Gasteiger partial charge in [0.2, 0.25) is 0 Å². The van der Waals surface area contributed by atoms with Crippen LogP contribution in [0.1, 0.15) is 34.1 Å². The summed E-state index contributed by atoms with van der Waals surface area (Å²) in [6, 6.07) is 14.9. The number of esters is 1. The smallest absolute Gasteiger partial charge is 0.339 e. The number of fused-ring (bicyclic) bond motifs is 1. The second-order valence-electron chi connectivity index (χ2n) is 6.68. The zero-order valence-corrected chi connectivity index (χ0v) is 15.9. The van der Waals surface area contributed by atoms with Gasteiger partial charge in [-0.25, -0.2) is 4.79 Å². The lowest BCUT2D eigenvalue weighted by Crippen LogP contribution is -2.30. The Balaban J connectivity index is 1.78. The van der Waals surface area contributed by atoms with Crippen LogP contribution in [-0.2, 0) is 9.53 Å². The summed E-state index contributed by atoms with van der Waals surface area (Å²) in [5, 5.41) is 3.53. The molecule has 0 bridgehead atoms. The number of para-hydroxylation sites is 1. The van der Waals surface area contributed by atoms with Crippen LogP contribution >= 0.6 is 0 Å². The van der Waals surface area contributed by atoms with Crippen molar-refractivity contribution in [3.05, 3.63) is 70.9 Å². The van der Waals surface area contributed by atoms with E-state index in [0.29, 0.717) is 22.3 Å². The molecule has 0 fully saturated rings. The topological polar surface area (TPSA) is 68.3 Å². The first-order valence-corrected chi connectivity index (χ1v) is 8.80. The molecule has 3 rings (SSSR count). The maximum Gasteiger partial charge on any atom is 0.339 e. The molecule has 5 heteroatoms. The van der Waals surface area contributed by atoms with Crippen LogP contribution in [0.25, 0.3) is 10.9 Å². The van der Waals surface area contributed by atoms with Crippen molar-refractivity contribution >= 4 is 28.5 Å². The van der Waals surface area contributed by atoms with E-state index in [1.807, 2.05) is 63.2 Å². The molecule has 27 heavy (non-hydrogen) atoms. The molecule has 0 aliphatic carbocycles. The third-order valence-corrected chi connectivity index (χ3v) is 4.37. The summed E-state index contributed by atoms with van der Waals surface area (Å²) in [6.07, 6.45) is -0.926. The Morgan fingerprint density at radius 2 is 1.78 bits per heavy atom. The molecule has 1 amide bonds. The number of carbonyl (C=O) groups excluding carboxylic acids is 2. The molecule has 0 spiro atoms. The SMILES string of the molecule is Cc1ccc(C)c(NC(=O)[C@@H](C)OC(=O)c2cc(C)nc3ccccc23)c1. The number of rotatable bonds is 4. The number of anilines is 1. The quantitative estimate of drug-likeness (QED) is 0.701. The van der Waals surface area contributed by atoms with Crippen LogP contribution in [0.4, 0.5) is 5.69 Å². The number of amides is 1. The Kier molecular flexibility index (Phi) is 5.21. The van der Waals surface area contributed by atoms with Crippen molar-refractivity contribution in [1.29, 1.82) is 0 Å². The lowest BCUT2D eigenvalue weighted by atomic mass is 10.1. The average Bonchev–Trinajstić information content (AvgIpc) is 2.63. The molecule has 3 aromatic rings. The first-order chi connectivity index (χ1) is 12.8. The molecule has 1 aromatic heterocycles. The van der Waals surface area contributed by atoms with Crippen LogP contribution in [-0.4, -0.2) is 23.0 Å². The molecule has 1 heterocycles. The molecule has 0 saturated heterocycles. The minimum atomic E-state index is -0.926. The molecule has 0 unspecified atom stereocenters. The minimum absolute atomic E-state index is 0.368. The monoisotopic (exact) mass is 362 g/mol. The van der Waals surface area contributed by atoms with Gasteiger partial charge >= 0.3 is 5.97 Å². The Morgan fingerprint density at radius 3 is 2.56 bits per heavy atom. The number of nitrogens with zero attached hydrogens (tertiary/aromatic N) is 1. The van der Waals surface area contributed by atoms with Crippen molar-refractivity contribution in [2.24, 2.45) is 0 Å². The summed E-state index contributed by atoms with van der Waals surface area (Å²) in [5.41, 5.74) is 4.55. The number of hydrogen-bond acceptors (Lipinski definition) is 4. The Labute approximate surface area is 158 Å². The van der Waals surface area contributed by atoms with E-state index in [9.17, 15) is 9.59 Å². The number of benzene rings is 2. The third-order valence-electron chi connectivity index (χ3n) is 4.37. The van der Waals surface area contributed by atoms with Crippen molar-refractivity contribution in [2.75, 3.05) is 5.32 Å². The predicted octanol–water partition coefficient (Wildman–Crippen LogP) is 4.34. The van der Waals surface area contributed by atoms with Crippen molar-refractivity contribution in [2.45, 2.75) is 33.8 Å². The molecule has 138 valence electrons. The summed E-state index contributed by atoms with van der Waals surface area (Å²) < 4.78 is 5.42. The number of ether oxygens (including phenoxy) is 1. The van der Waals surface area contributed by atoms with E-state index in [1.54, 1.807) is 13.0 Å². The summed E-state index contributed by atoms with van der Waals surface area (Å²) in [4.78, 5) is 29.6. The number of aromatic nitrogens is 1. The third kappa shape index (κ3) is 4.14. The van der Waals surface area contributed by atoms with Crippen molar-refractivity contribution in [1.82, 2.24) is 4.98 Å². The molecule has 0 aliphatic rings. The summed E-state index contributed by atoms with van der Waals surface area (Å²) in [7, 11) is 0. The van der Waals surface area contributed by atoms with Gasteiger partial charge < -0.3 is 10.1 Å². The Morgan fingerprint density at radius 1 is 1.04 bits per heavy atom. The van der Waals surface area contributed by atoms with Gasteiger partial charge in [0.1, 0.15) is 0 Å². The van der Waals surface area contributed by atoms with E-state index in [2.05, 4.69) is 10.3 Å². The summed E-state index contributed by atoms with van der Waals surface area (Å²) in [5.74, 6) is -0.910. The fourth-order valence-corrected chi connectivity index (χ4v) is 2.86. The van der Waals surface area contributed by atoms with Gasteiger partial charge in [-0.05, 0) is 57.0 Å². The number of hydrogen-bond donors (Lipinski definition) is 1. The van der Waals surface area contributed by atoms with Crippen molar-refractivity contribution in [3.8, 4) is 0 Å². The fourth-order valence-electron chi connectivity index (χ4n) is 2.86.